The molecule has 1 aliphatic rings. The van der Waals surface area contributed by atoms with Crippen molar-refractivity contribution in [3.63, 3.8) is 0 Å². The average molecular weight is 406 g/mol. The third-order valence-electron chi connectivity index (χ3n) is 5.04. The van der Waals surface area contributed by atoms with Gasteiger partial charge in [-0.05, 0) is 42.7 Å². The Labute approximate surface area is 176 Å². The van der Waals surface area contributed by atoms with Crippen LogP contribution >= 0.6 is 0 Å². The van der Waals surface area contributed by atoms with Crippen molar-refractivity contribution in [2.75, 3.05) is 31.5 Å². The summed E-state index contributed by atoms with van der Waals surface area (Å²) in [7, 11) is 0. The molecule has 0 spiro atoms. The number of hydrogen-bond acceptors (Lipinski definition) is 5. The number of benzene rings is 1. The molecule has 7 nitrogen and oxygen atoms in total. The van der Waals surface area contributed by atoms with Crippen LogP contribution in [0.25, 0.3) is 0 Å². The van der Waals surface area contributed by atoms with E-state index in [0.29, 0.717) is 37.6 Å². The lowest BCUT2D eigenvalue weighted by atomic mass is 10.1. The Morgan fingerprint density at radius 2 is 1.90 bits per heavy atom. The third-order valence-corrected chi connectivity index (χ3v) is 5.04. The number of anilines is 1. The van der Waals surface area contributed by atoms with Gasteiger partial charge in [-0.2, -0.15) is 5.26 Å². The van der Waals surface area contributed by atoms with E-state index in [9.17, 15) is 14.9 Å². The Bertz CT molecular complexity index is 918. The number of nitrogens with one attached hydrogen (secondary N) is 1. The number of aryl methyl sites for hydroxylation is 1. The normalized spacial score (nSPS) is 14.3. The molecule has 1 aromatic carbocycles. The van der Waals surface area contributed by atoms with Gasteiger partial charge >= 0.3 is 0 Å². The molecule has 0 atom stereocenters. The van der Waals surface area contributed by atoms with E-state index < -0.39 is 5.91 Å². The monoisotopic (exact) mass is 406 g/mol. The highest BCUT2D eigenvalue weighted by Crippen LogP contribution is 2.14. The number of rotatable bonds is 7. The molecule has 0 aliphatic carbocycles. The Morgan fingerprint density at radius 3 is 2.50 bits per heavy atom. The highest BCUT2D eigenvalue weighted by Gasteiger charge is 2.23. The van der Waals surface area contributed by atoms with Gasteiger partial charge in [0.15, 0.2) is 5.76 Å². The van der Waals surface area contributed by atoms with E-state index in [1.54, 1.807) is 23.2 Å². The van der Waals surface area contributed by atoms with Gasteiger partial charge in [-0.1, -0.05) is 25.5 Å². The molecule has 30 heavy (non-hydrogen) atoms. The maximum Gasteiger partial charge on any atom is 0.289 e. The molecule has 7 heteroatoms. The SMILES string of the molecule is CCCCc1ccc(NC(=O)/C(C#N)=C\N2CCN(C(=O)c3ccco3)CC2)cc1. The third kappa shape index (κ3) is 5.51. The molecule has 0 radical (unpaired) electrons. The van der Waals surface area contributed by atoms with Crippen molar-refractivity contribution in [3.8, 4) is 6.07 Å². The summed E-state index contributed by atoms with van der Waals surface area (Å²) in [5.41, 5.74) is 1.93. The fourth-order valence-corrected chi connectivity index (χ4v) is 3.27. The second-order valence-corrected chi connectivity index (χ2v) is 7.21. The molecule has 1 fully saturated rings. The van der Waals surface area contributed by atoms with Crippen molar-refractivity contribution in [3.05, 3.63) is 65.8 Å². The topological polar surface area (TPSA) is 89.6 Å². The summed E-state index contributed by atoms with van der Waals surface area (Å²) in [5, 5.41) is 12.2. The first-order valence-electron chi connectivity index (χ1n) is 10.2. The lowest BCUT2D eigenvalue weighted by molar-refractivity contribution is -0.112. The largest absolute Gasteiger partial charge is 0.459 e. The van der Waals surface area contributed by atoms with Crippen LogP contribution in [0.3, 0.4) is 0 Å². The van der Waals surface area contributed by atoms with Crippen LogP contribution in [-0.2, 0) is 11.2 Å². The smallest absolute Gasteiger partial charge is 0.289 e. The zero-order valence-corrected chi connectivity index (χ0v) is 17.1. The molecule has 1 saturated heterocycles. The number of nitrogens with zero attached hydrogens (tertiary/aromatic N) is 3. The zero-order valence-electron chi connectivity index (χ0n) is 17.1. The van der Waals surface area contributed by atoms with Crippen molar-refractivity contribution >= 4 is 17.5 Å². The number of carbonyl (C=O) groups excluding carboxylic acids is 2. The molecule has 156 valence electrons. The number of piperazine rings is 1. The van der Waals surface area contributed by atoms with Gasteiger partial charge in [0.2, 0.25) is 0 Å². The molecule has 1 aromatic heterocycles. The van der Waals surface area contributed by atoms with Crippen molar-refractivity contribution in [2.24, 2.45) is 0 Å². The van der Waals surface area contributed by atoms with Crippen molar-refractivity contribution in [1.82, 2.24) is 9.80 Å². The van der Waals surface area contributed by atoms with Crippen molar-refractivity contribution in [2.45, 2.75) is 26.2 Å². The summed E-state index contributed by atoms with van der Waals surface area (Å²) < 4.78 is 5.16. The lowest BCUT2D eigenvalue weighted by Crippen LogP contribution is -2.47. The van der Waals surface area contributed by atoms with Gasteiger partial charge in [-0.3, -0.25) is 9.59 Å². The van der Waals surface area contributed by atoms with Crippen LogP contribution < -0.4 is 5.32 Å². The molecule has 2 heterocycles. The Morgan fingerprint density at radius 1 is 1.17 bits per heavy atom. The van der Waals surface area contributed by atoms with E-state index in [2.05, 4.69) is 12.2 Å². The van der Waals surface area contributed by atoms with E-state index in [1.165, 1.54) is 11.8 Å². The number of carbonyl (C=O) groups is 2. The standard InChI is InChI=1S/C23H26N4O3/c1-2-3-5-18-7-9-20(10-8-18)25-22(28)19(16-24)17-26-11-13-27(14-12-26)23(29)21-6-4-15-30-21/h4,6-10,15,17H,2-3,5,11-14H2,1H3,(H,25,28)/b19-17-. The second-order valence-electron chi connectivity index (χ2n) is 7.21. The Hall–Kier alpha value is -3.53. The van der Waals surface area contributed by atoms with E-state index in [-0.39, 0.29) is 11.5 Å². The van der Waals surface area contributed by atoms with Crippen molar-refractivity contribution in [1.29, 1.82) is 5.26 Å². The summed E-state index contributed by atoms with van der Waals surface area (Å²) in [6, 6.07) is 13.0. The molecular weight excluding hydrogens is 380 g/mol. The molecule has 1 aliphatic heterocycles. The number of amides is 2. The van der Waals surface area contributed by atoms with E-state index in [0.717, 1.165) is 19.3 Å². The molecule has 2 amide bonds. The van der Waals surface area contributed by atoms with Gasteiger partial charge in [-0.25, -0.2) is 0 Å². The van der Waals surface area contributed by atoms with Crippen LogP contribution in [0.4, 0.5) is 5.69 Å². The summed E-state index contributed by atoms with van der Waals surface area (Å²) in [6.07, 6.45) is 6.33. The summed E-state index contributed by atoms with van der Waals surface area (Å²) in [5.74, 6) is -0.269. The number of unbranched alkanes of at least 4 members (excludes halogenated alkanes) is 1. The van der Waals surface area contributed by atoms with Crippen LogP contribution in [0.15, 0.2) is 58.9 Å². The molecular formula is C23H26N4O3. The Balaban J connectivity index is 1.54. The maximum absolute atomic E-state index is 12.5. The van der Waals surface area contributed by atoms with Gasteiger partial charge < -0.3 is 19.5 Å². The molecule has 3 rings (SSSR count). The van der Waals surface area contributed by atoms with E-state index >= 15 is 0 Å². The maximum atomic E-state index is 12.5. The Kier molecular flexibility index (Phi) is 7.28. The molecule has 1 N–H and O–H groups in total. The predicted molar refractivity (Wildman–Crippen MR) is 114 cm³/mol. The van der Waals surface area contributed by atoms with Gasteiger partial charge in [0.1, 0.15) is 11.6 Å². The number of furan rings is 1. The summed E-state index contributed by atoms with van der Waals surface area (Å²) >= 11 is 0. The lowest BCUT2D eigenvalue weighted by Gasteiger charge is -2.33. The van der Waals surface area contributed by atoms with Gasteiger partial charge in [0.25, 0.3) is 11.8 Å². The fourth-order valence-electron chi connectivity index (χ4n) is 3.27. The minimum Gasteiger partial charge on any atom is -0.459 e. The fraction of sp³-hybridized carbons (Fsp3) is 0.348. The van der Waals surface area contributed by atoms with Crippen LogP contribution in [0.5, 0.6) is 0 Å². The average Bonchev–Trinajstić information content (AvgIpc) is 3.32. The highest BCUT2D eigenvalue weighted by molar-refractivity contribution is 6.06. The zero-order chi connectivity index (χ0) is 21.3. The van der Waals surface area contributed by atoms with Crippen LogP contribution in [-0.4, -0.2) is 47.8 Å². The predicted octanol–water partition coefficient (Wildman–Crippen LogP) is 3.43. The summed E-state index contributed by atoms with van der Waals surface area (Å²) in [6.45, 7) is 4.22. The second kappa shape index (κ2) is 10.3. The van der Waals surface area contributed by atoms with E-state index in [4.69, 9.17) is 4.42 Å². The van der Waals surface area contributed by atoms with Crippen LogP contribution in [0.1, 0.15) is 35.9 Å². The quantitative estimate of drug-likeness (QED) is 0.562. The molecule has 0 bridgehead atoms. The van der Waals surface area contributed by atoms with Crippen LogP contribution in [0.2, 0.25) is 0 Å². The number of hydrogen-bond donors (Lipinski definition) is 1. The van der Waals surface area contributed by atoms with Crippen LogP contribution in [0, 0.1) is 11.3 Å². The number of nitriles is 1. The first-order valence-corrected chi connectivity index (χ1v) is 10.2. The van der Waals surface area contributed by atoms with Gasteiger partial charge in [-0.15, -0.1) is 0 Å². The molecule has 0 unspecified atom stereocenters. The minimum absolute atomic E-state index is 0.0378. The van der Waals surface area contributed by atoms with E-state index in [1.807, 2.05) is 35.2 Å². The molecule has 0 saturated carbocycles. The first-order chi connectivity index (χ1) is 14.6. The van der Waals surface area contributed by atoms with Gasteiger partial charge in [0, 0.05) is 38.1 Å². The van der Waals surface area contributed by atoms with Gasteiger partial charge in [0.05, 0.1) is 6.26 Å². The summed E-state index contributed by atoms with van der Waals surface area (Å²) in [4.78, 5) is 28.4. The minimum atomic E-state index is -0.437. The first kappa shape index (κ1) is 21.2. The highest BCUT2D eigenvalue weighted by atomic mass is 16.3. The molecule has 2 aromatic rings. The van der Waals surface area contributed by atoms with Crippen molar-refractivity contribution < 1.29 is 14.0 Å².